The third-order valence-electron chi connectivity index (χ3n) is 2.55. The maximum Gasteiger partial charge on any atom is 0.586 e. The van der Waals surface area contributed by atoms with Crippen LogP contribution in [0.5, 0.6) is 11.5 Å². The van der Waals surface area contributed by atoms with Gasteiger partial charge >= 0.3 is 6.29 Å². The lowest BCUT2D eigenvalue weighted by molar-refractivity contribution is -0.286. The summed E-state index contributed by atoms with van der Waals surface area (Å²) in [5, 5.41) is 2.56. The molecule has 0 unspecified atom stereocenters. The standard InChI is InChI=1S/C12H7BrF2N2O3/c13-6-3-8(16-5-6)11(18)17-7-1-2-9-10(4-7)20-12(14,15)19-9/h1-5,16H,(H,17,18). The number of rotatable bonds is 2. The molecule has 0 aliphatic carbocycles. The number of aromatic amines is 1. The van der Waals surface area contributed by atoms with E-state index in [1.165, 1.54) is 18.2 Å². The van der Waals surface area contributed by atoms with Crippen LogP contribution in [-0.2, 0) is 0 Å². The van der Waals surface area contributed by atoms with Crippen molar-refractivity contribution in [1.82, 2.24) is 4.98 Å². The van der Waals surface area contributed by atoms with Crippen molar-refractivity contribution in [3.05, 3.63) is 40.6 Å². The Hall–Kier alpha value is -2.09. The number of alkyl halides is 2. The van der Waals surface area contributed by atoms with Gasteiger partial charge in [0.1, 0.15) is 5.69 Å². The first-order valence-corrected chi connectivity index (χ1v) is 6.27. The molecule has 3 rings (SSSR count). The minimum atomic E-state index is -3.67. The molecule has 2 aromatic rings. The minimum absolute atomic E-state index is 0.0735. The van der Waals surface area contributed by atoms with E-state index >= 15 is 0 Å². The monoisotopic (exact) mass is 344 g/mol. The van der Waals surface area contributed by atoms with Crippen molar-refractivity contribution >= 4 is 27.5 Å². The van der Waals surface area contributed by atoms with Crippen LogP contribution in [0, 0.1) is 0 Å². The van der Waals surface area contributed by atoms with Gasteiger partial charge in [0.05, 0.1) is 0 Å². The molecule has 2 heterocycles. The van der Waals surface area contributed by atoms with E-state index < -0.39 is 12.2 Å². The van der Waals surface area contributed by atoms with Crippen molar-refractivity contribution in [2.24, 2.45) is 0 Å². The molecule has 0 saturated carbocycles. The molecule has 0 saturated heterocycles. The number of benzene rings is 1. The summed E-state index contributed by atoms with van der Waals surface area (Å²) in [5.74, 6) is -0.600. The van der Waals surface area contributed by atoms with E-state index in [1.807, 2.05) is 0 Å². The largest absolute Gasteiger partial charge is 0.586 e. The summed E-state index contributed by atoms with van der Waals surface area (Å²) >= 11 is 3.21. The fraction of sp³-hybridized carbons (Fsp3) is 0.0833. The minimum Gasteiger partial charge on any atom is -0.395 e. The van der Waals surface area contributed by atoms with E-state index in [2.05, 4.69) is 35.7 Å². The maximum atomic E-state index is 12.9. The number of carbonyl (C=O) groups is 1. The third kappa shape index (κ3) is 2.46. The molecule has 1 amide bonds. The molecule has 20 heavy (non-hydrogen) atoms. The van der Waals surface area contributed by atoms with Gasteiger partial charge in [-0.05, 0) is 34.1 Å². The van der Waals surface area contributed by atoms with Crippen molar-refractivity contribution < 1.29 is 23.0 Å². The summed E-state index contributed by atoms with van der Waals surface area (Å²) in [6.45, 7) is 0. The number of H-pyrrole nitrogens is 1. The van der Waals surface area contributed by atoms with Crippen molar-refractivity contribution in [2.75, 3.05) is 5.32 Å². The van der Waals surface area contributed by atoms with Crippen LogP contribution in [0.1, 0.15) is 10.5 Å². The Balaban J connectivity index is 1.78. The Morgan fingerprint density at radius 2 is 2.00 bits per heavy atom. The maximum absolute atomic E-state index is 12.9. The molecule has 1 aromatic carbocycles. The summed E-state index contributed by atoms with van der Waals surface area (Å²) in [6.07, 6.45) is -2.07. The number of aromatic nitrogens is 1. The highest BCUT2D eigenvalue weighted by atomic mass is 79.9. The van der Waals surface area contributed by atoms with E-state index in [-0.39, 0.29) is 11.5 Å². The molecule has 8 heteroatoms. The fourth-order valence-electron chi connectivity index (χ4n) is 1.72. The lowest BCUT2D eigenvalue weighted by atomic mass is 10.2. The van der Waals surface area contributed by atoms with Crippen LogP contribution in [0.15, 0.2) is 34.9 Å². The Morgan fingerprint density at radius 1 is 1.25 bits per heavy atom. The molecule has 1 aliphatic heterocycles. The number of fused-ring (bicyclic) bond motifs is 1. The average Bonchev–Trinajstić information content (AvgIpc) is 2.90. The first-order valence-electron chi connectivity index (χ1n) is 5.48. The number of ether oxygens (including phenoxy) is 2. The molecule has 1 aromatic heterocycles. The van der Waals surface area contributed by atoms with Gasteiger partial charge in [0.15, 0.2) is 11.5 Å². The van der Waals surface area contributed by atoms with E-state index in [1.54, 1.807) is 12.3 Å². The highest BCUT2D eigenvalue weighted by Crippen LogP contribution is 2.42. The zero-order chi connectivity index (χ0) is 14.3. The van der Waals surface area contributed by atoms with Gasteiger partial charge in [-0.25, -0.2) is 0 Å². The van der Waals surface area contributed by atoms with Crippen molar-refractivity contribution in [2.45, 2.75) is 6.29 Å². The molecule has 2 N–H and O–H groups in total. The van der Waals surface area contributed by atoms with Gasteiger partial charge < -0.3 is 19.8 Å². The van der Waals surface area contributed by atoms with Gasteiger partial charge in [-0.1, -0.05) is 0 Å². The molecule has 1 aliphatic rings. The van der Waals surface area contributed by atoms with Crippen molar-refractivity contribution in [1.29, 1.82) is 0 Å². The number of carbonyl (C=O) groups excluding carboxylic acids is 1. The quantitative estimate of drug-likeness (QED) is 0.878. The number of amides is 1. The van der Waals surface area contributed by atoms with Crippen LogP contribution in [0.2, 0.25) is 0 Å². The van der Waals surface area contributed by atoms with Crippen LogP contribution < -0.4 is 14.8 Å². The zero-order valence-corrected chi connectivity index (χ0v) is 11.3. The molecule has 0 spiro atoms. The van der Waals surface area contributed by atoms with Crippen LogP contribution in [-0.4, -0.2) is 17.2 Å². The highest BCUT2D eigenvalue weighted by molar-refractivity contribution is 9.10. The first-order chi connectivity index (χ1) is 9.43. The van der Waals surface area contributed by atoms with Crippen molar-refractivity contribution in [3.63, 3.8) is 0 Å². The van der Waals surface area contributed by atoms with E-state index in [4.69, 9.17) is 0 Å². The molecule has 104 valence electrons. The van der Waals surface area contributed by atoms with Gasteiger partial charge in [-0.2, -0.15) is 0 Å². The number of nitrogens with one attached hydrogen (secondary N) is 2. The van der Waals surface area contributed by atoms with Gasteiger partial charge in [-0.3, -0.25) is 4.79 Å². The average molecular weight is 345 g/mol. The zero-order valence-electron chi connectivity index (χ0n) is 9.75. The van der Waals surface area contributed by atoms with Gasteiger partial charge in [-0.15, -0.1) is 8.78 Å². The smallest absolute Gasteiger partial charge is 0.395 e. The highest BCUT2D eigenvalue weighted by Gasteiger charge is 2.43. The van der Waals surface area contributed by atoms with Crippen molar-refractivity contribution in [3.8, 4) is 11.5 Å². The van der Waals surface area contributed by atoms with Crippen LogP contribution in [0.25, 0.3) is 0 Å². The Bertz CT molecular complexity index is 687. The van der Waals surface area contributed by atoms with E-state index in [0.29, 0.717) is 11.4 Å². The summed E-state index contributed by atoms with van der Waals surface area (Å²) in [7, 11) is 0. The lowest BCUT2D eigenvalue weighted by Crippen LogP contribution is -2.25. The molecule has 5 nitrogen and oxygen atoms in total. The summed E-state index contributed by atoms with van der Waals surface area (Å²) in [5.41, 5.74) is 0.653. The molecule has 0 bridgehead atoms. The Morgan fingerprint density at radius 3 is 2.70 bits per heavy atom. The second-order valence-corrected chi connectivity index (χ2v) is 4.93. The summed E-state index contributed by atoms with van der Waals surface area (Å²) in [6, 6.07) is 5.61. The molecule has 0 radical (unpaired) electrons. The Kier molecular flexibility index (Phi) is 2.89. The third-order valence-corrected chi connectivity index (χ3v) is 3.01. The fourth-order valence-corrected chi connectivity index (χ4v) is 2.07. The van der Waals surface area contributed by atoms with Crippen LogP contribution in [0.3, 0.4) is 0 Å². The van der Waals surface area contributed by atoms with Crippen LogP contribution >= 0.6 is 15.9 Å². The second kappa shape index (κ2) is 4.48. The molecule has 0 atom stereocenters. The summed E-state index contributed by atoms with van der Waals surface area (Å²) < 4.78 is 35.0. The summed E-state index contributed by atoms with van der Waals surface area (Å²) in [4.78, 5) is 14.6. The topological polar surface area (TPSA) is 63.4 Å². The number of anilines is 1. The normalized spacial score (nSPS) is 15.2. The van der Waals surface area contributed by atoms with Gasteiger partial charge in [0, 0.05) is 22.4 Å². The number of halogens is 3. The second-order valence-electron chi connectivity index (χ2n) is 4.01. The van der Waals surface area contributed by atoms with Gasteiger partial charge in [0.25, 0.3) is 5.91 Å². The predicted octanol–water partition coefficient (Wildman–Crippen LogP) is 3.35. The van der Waals surface area contributed by atoms with E-state index in [0.717, 1.165) is 4.47 Å². The Labute approximate surface area is 120 Å². The molecule has 0 fully saturated rings. The molecular weight excluding hydrogens is 338 g/mol. The number of hydrogen-bond donors (Lipinski definition) is 2. The predicted molar refractivity (Wildman–Crippen MR) is 69.1 cm³/mol. The SMILES string of the molecule is O=C(Nc1ccc2c(c1)OC(F)(F)O2)c1cc(Br)c[nH]1. The lowest BCUT2D eigenvalue weighted by Gasteiger charge is -2.05. The van der Waals surface area contributed by atoms with Gasteiger partial charge in [0.2, 0.25) is 0 Å². The first kappa shape index (κ1) is 12.9. The van der Waals surface area contributed by atoms with E-state index in [9.17, 15) is 13.6 Å². The molecular formula is C12H7BrF2N2O3. The number of hydrogen-bond acceptors (Lipinski definition) is 3. The van der Waals surface area contributed by atoms with Crippen LogP contribution in [0.4, 0.5) is 14.5 Å².